The van der Waals surface area contributed by atoms with Crippen LogP contribution in [0.25, 0.3) is 11.1 Å². The number of amides is 2. The third-order valence-corrected chi connectivity index (χ3v) is 6.15. The van der Waals surface area contributed by atoms with E-state index in [9.17, 15) is 24.3 Å². The van der Waals surface area contributed by atoms with E-state index < -0.39 is 42.5 Å². The Morgan fingerprint density at radius 1 is 1.09 bits per heavy atom. The minimum absolute atomic E-state index is 0.0236. The molecule has 1 heterocycles. The van der Waals surface area contributed by atoms with Crippen molar-refractivity contribution < 1.29 is 38.5 Å². The number of fused-ring (bicyclic) bond motifs is 3. The van der Waals surface area contributed by atoms with E-state index in [2.05, 4.69) is 10.1 Å². The quantitative estimate of drug-likeness (QED) is 0.571. The number of nitrogens with zero attached hydrogens (tertiary/aromatic N) is 1. The summed E-state index contributed by atoms with van der Waals surface area (Å²) in [7, 11) is 1.21. The van der Waals surface area contributed by atoms with Gasteiger partial charge in [-0.1, -0.05) is 48.5 Å². The largest absolute Gasteiger partial charge is 0.481 e. The van der Waals surface area contributed by atoms with Gasteiger partial charge >= 0.3 is 18.0 Å². The molecule has 0 aromatic heterocycles. The molecule has 2 aromatic rings. The zero-order chi connectivity index (χ0) is 24.9. The van der Waals surface area contributed by atoms with E-state index in [1.165, 1.54) is 12.0 Å². The first-order valence-corrected chi connectivity index (χ1v) is 11.2. The summed E-state index contributed by atoms with van der Waals surface area (Å²) in [6, 6.07) is 14.4. The van der Waals surface area contributed by atoms with Crippen molar-refractivity contribution in [3.63, 3.8) is 0 Å². The molecular formula is C25H26N2O8. The predicted octanol–water partition coefficient (Wildman–Crippen LogP) is 1.77. The second-order valence-corrected chi connectivity index (χ2v) is 8.29. The van der Waals surface area contributed by atoms with Crippen molar-refractivity contribution in [2.45, 2.75) is 24.5 Å². The van der Waals surface area contributed by atoms with Crippen molar-refractivity contribution in [1.82, 2.24) is 10.2 Å². The average Bonchev–Trinajstić information content (AvgIpc) is 3.19. The van der Waals surface area contributed by atoms with E-state index in [1.807, 2.05) is 48.5 Å². The number of esters is 1. The fourth-order valence-electron chi connectivity index (χ4n) is 4.50. The summed E-state index contributed by atoms with van der Waals surface area (Å²) in [5.41, 5.74) is 4.20. The fourth-order valence-corrected chi connectivity index (χ4v) is 4.50. The van der Waals surface area contributed by atoms with Crippen molar-refractivity contribution in [2.24, 2.45) is 0 Å². The number of morpholine rings is 1. The van der Waals surface area contributed by atoms with Gasteiger partial charge in [0.25, 0.3) is 0 Å². The lowest BCUT2D eigenvalue weighted by atomic mass is 9.98. The first kappa shape index (κ1) is 24.2. The van der Waals surface area contributed by atoms with Crippen LogP contribution in [0.3, 0.4) is 0 Å². The summed E-state index contributed by atoms with van der Waals surface area (Å²) in [5.74, 6) is -2.72. The molecule has 1 aliphatic heterocycles. The van der Waals surface area contributed by atoms with Gasteiger partial charge in [-0.2, -0.15) is 0 Å². The Kier molecular flexibility index (Phi) is 7.31. The molecule has 2 aromatic carbocycles. The number of hydrogen-bond acceptors (Lipinski definition) is 7. The number of hydrogen-bond donors (Lipinski definition) is 2. The third kappa shape index (κ3) is 5.27. The lowest BCUT2D eigenvalue weighted by Crippen LogP contribution is -2.55. The maximum absolute atomic E-state index is 13.0. The standard InChI is InChI=1S/C25H26N2O8/c1-33-24(31)21-13-27(10-11-34-21)23(30)20(12-22(28)29)26-25(32)35-14-19-17-8-4-2-6-15(17)16-7-3-5-9-18(16)19/h2-9,19-21H,10-14H2,1H3,(H,26,32)(H,28,29). The maximum Gasteiger partial charge on any atom is 0.407 e. The second kappa shape index (κ2) is 10.6. The molecule has 10 heteroatoms. The Morgan fingerprint density at radius 3 is 2.31 bits per heavy atom. The second-order valence-electron chi connectivity index (χ2n) is 8.29. The molecule has 0 saturated carbocycles. The molecule has 0 spiro atoms. The molecule has 2 aliphatic rings. The Labute approximate surface area is 201 Å². The lowest BCUT2D eigenvalue weighted by Gasteiger charge is -2.33. The van der Waals surface area contributed by atoms with Gasteiger partial charge in [0.1, 0.15) is 12.6 Å². The topological polar surface area (TPSA) is 131 Å². The molecule has 0 radical (unpaired) electrons. The monoisotopic (exact) mass is 482 g/mol. The van der Waals surface area contributed by atoms with E-state index in [-0.39, 0.29) is 32.2 Å². The van der Waals surface area contributed by atoms with Gasteiger partial charge in [-0.3, -0.25) is 9.59 Å². The van der Waals surface area contributed by atoms with Gasteiger partial charge in [0, 0.05) is 12.5 Å². The van der Waals surface area contributed by atoms with Crippen molar-refractivity contribution in [2.75, 3.05) is 33.4 Å². The van der Waals surface area contributed by atoms with E-state index in [1.54, 1.807) is 0 Å². The number of carbonyl (C=O) groups excluding carboxylic acids is 3. The van der Waals surface area contributed by atoms with Crippen LogP contribution >= 0.6 is 0 Å². The number of carboxylic acid groups (broad SMARTS) is 1. The highest BCUT2D eigenvalue weighted by molar-refractivity contribution is 5.90. The minimum atomic E-state index is -1.36. The lowest BCUT2D eigenvalue weighted by molar-refractivity contribution is -0.163. The van der Waals surface area contributed by atoms with Gasteiger partial charge in [0.05, 0.1) is 26.7 Å². The number of ether oxygens (including phenoxy) is 3. The molecule has 35 heavy (non-hydrogen) atoms. The molecule has 1 saturated heterocycles. The SMILES string of the molecule is COC(=O)C1CN(C(=O)C(CC(=O)O)NC(=O)OCC2c3ccccc3-c3ccccc32)CCO1. The molecule has 10 nitrogen and oxygen atoms in total. The summed E-state index contributed by atoms with van der Waals surface area (Å²) >= 11 is 0. The predicted molar refractivity (Wildman–Crippen MR) is 123 cm³/mol. The van der Waals surface area contributed by atoms with Crippen LogP contribution in [0, 0.1) is 0 Å². The van der Waals surface area contributed by atoms with Gasteiger partial charge in [-0.25, -0.2) is 9.59 Å². The van der Waals surface area contributed by atoms with Crippen LogP contribution in [0.4, 0.5) is 4.79 Å². The highest BCUT2D eigenvalue weighted by atomic mass is 16.6. The van der Waals surface area contributed by atoms with Crippen molar-refractivity contribution in [3.05, 3.63) is 59.7 Å². The normalized spacial score (nSPS) is 17.6. The van der Waals surface area contributed by atoms with Crippen LogP contribution in [0.15, 0.2) is 48.5 Å². The molecule has 1 fully saturated rings. The Hall–Kier alpha value is -3.92. The van der Waals surface area contributed by atoms with Gasteiger partial charge in [0.2, 0.25) is 5.91 Å². The number of nitrogens with one attached hydrogen (secondary N) is 1. The highest BCUT2D eigenvalue weighted by Gasteiger charge is 2.35. The molecule has 2 amide bonds. The van der Waals surface area contributed by atoms with Crippen LogP contribution in [0.1, 0.15) is 23.5 Å². The molecule has 0 bridgehead atoms. The minimum Gasteiger partial charge on any atom is -0.481 e. The van der Waals surface area contributed by atoms with E-state index in [0.29, 0.717) is 0 Å². The van der Waals surface area contributed by atoms with Crippen molar-refractivity contribution >= 4 is 23.9 Å². The molecule has 2 N–H and O–H groups in total. The van der Waals surface area contributed by atoms with Crippen molar-refractivity contribution in [1.29, 1.82) is 0 Å². The number of methoxy groups -OCH3 is 1. The maximum atomic E-state index is 13.0. The Bertz CT molecular complexity index is 1090. The number of aliphatic carboxylic acids is 1. The molecule has 2 unspecified atom stereocenters. The van der Waals surface area contributed by atoms with Crippen LogP contribution in [0.2, 0.25) is 0 Å². The number of carbonyl (C=O) groups is 4. The summed E-state index contributed by atoms with van der Waals surface area (Å²) in [6.45, 7) is 0.148. The van der Waals surface area contributed by atoms with E-state index in [0.717, 1.165) is 22.3 Å². The zero-order valence-corrected chi connectivity index (χ0v) is 19.1. The van der Waals surface area contributed by atoms with Crippen LogP contribution in [-0.4, -0.2) is 79.5 Å². The number of carboxylic acids is 1. The van der Waals surface area contributed by atoms with Gasteiger partial charge in [0.15, 0.2) is 6.10 Å². The molecule has 1 aliphatic carbocycles. The van der Waals surface area contributed by atoms with Gasteiger partial charge in [-0.05, 0) is 22.3 Å². The molecule has 2 atom stereocenters. The number of alkyl carbamates (subject to hydrolysis) is 1. The van der Waals surface area contributed by atoms with Crippen LogP contribution in [-0.2, 0) is 28.6 Å². The zero-order valence-electron chi connectivity index (χ0n) is 19.1. The molecule has 4 rings (SSSR count). The van der Waals surface area contributed by atoms with E-state index in [4.69, 9.17) is 9.47 Å². The number of rotatable bonds is 7. The first-order chi connectivity index (χ1) is 16.9. The van der Waals surface area contributed by atoms with Gasteiger partial charge < -0.3 is 29.5 Å². The summed E-state index contributed by atoms with van der Waals surface area (Å²) in [4.78, 5) is 50.1. The molecule has 184 valence electrons. The highest BCUT2D eigenvalue weighted by Crippen LogP contribution is 2.44. The summed E-state index contributed by atoms with van der Waals surface area (Å²) < 4.78 is 15.4. The Morgan fingerprint density at radius 2 is 1.71 bits per heavy atom. The number of benzene rings is 2. The van der Waals surface area contributed by atoms with Crippen LogP contribution < -0.4 is 5.32 Å². The van der Waals surface area contributed by atoms with Gasteiger partial charge in [-0.15, -0.1) is 0 Å². The summed E-state index contributed by atoms with van der Waals surface area (Å²) in [5, 5.41) is 11.7. The first-order valence-electron chi connectivity index (χ1n) is 11.2. The fraction of sp³-hybridized carbons (Fsp3) is 0.360. The Balaban J connectivity index is 1.42. The smallest absolute Gasteiger partial charge is 0.407 e. The summed E-state index contributed by atoms with van der Waals surface area (Å²) in [6.07, 6.45) is -2.51. The molecular weight excluding hydrogens is 456 g/mol. The third-order valence-electron chi connectivity index (χ3n) is 6.15. The average molecular weight is 482 g/mol. The van der Waals surface area contributed by atoms with E-state index >= 15 is 0 Å². The van der Waals surface area contributed by atoms with Crippen molar-refractivity contribution in [3.8, 4) is 11.1 Å². The van der Waals surface area contributed by atoms with Crippen LogP contribution in [0.5, 0.6) is 0 Å².